The molecule has 0 bridgehead atoms. The third-order valence-corrected chi connectivity index (χ3v) is 12.0. The standard InChI is InChI=1S/C51H33N3OS/c1-3-11-32(12-4-1)33-21-23-35(24-22-33)50-52-49(34-13-5-2-6-14-34)53-51(54-50)42-19-10-18-41-43-30-38(25-27-45(43)55-48(41)42)36-15-9-16-37(29-36)39-26-28-47-44(31-39)40-17-7-8-20-46(40)56-47/h1-13,15-31,34H,14H2. The van der Waals surface area contributed by atoms with Crippen molar-refractivity contribution in [2.45, 2.75) is 12.3 Å². The Kier molecular flexibility index (Phi) is 7.78. The average Bonchev–Trinajstić information content (AvgIpc) is 3.85. The minimum atomic E-state index is 0.0591. The molecule has 56 heavy (non-hydrogen) atoms. The Balaban J connectivity index is 0.987. The van der Waals surface area contributed by atoms with Crippen LogP contribution in [0.4, 0.5) is 0 Å². The van der Waals surface area contributed by atoms with E-state index in [4.69, 9.17) is 19.4 Å². The van der Waals surface area contributed by atoms with Crippen LogP contribution < -0.4 is 0 Å². The van der Waals surface area contributed by atoms with Gasteiger partial charge in [-0.1, -0.05) is 140 Å². The zero-order valence-electron chi connectivity index (χ0n) is 30.3. The second kappa shape index (κ2) is 13.4. The van der Waals surface area contributed by atoms with Crippen LogP contribution in [0.1, 0.15) is 18.2 Å². The fraction of sp³-hybridized carbons (Fsp3) is 0.0392. The van der Waals surface area contributed by atoms with Crippen LogP contribution in [0.3, 0.4) is 0 Å². The second-order valence-electron chi connectivity index (χ2n) is 14.3. The lowest BCUT2D eigenvalue weighted by atomic mass is 9.97. The van der Waals surface area contributed by atoms with E-state index < -0.39 is 0 Å². The zero-order chi connectivity index (χ0) is 37.0. The summed E-state index contributed by atoms with van der Waals surface area (Å²) in [7, 11) is 0. The molecule has 1 unspecified atom stereocenters. The van der Waals surface area contributed by atoms with Crippen molar-refractivity contribution in [3.8, 4) is 56.2 Å². The Bertz CT molecular complexity index is 3170. The van der Waals surface area contributed by atoms with Crippen LogP contribution in [-0.2, 0) is 0 Å². The number of fused-ring (bicyclic) bond motifs is 6. The number of allylic oxidation sites excluding steroid dienone is 4. The summed E-state index contributed by atoms with van der Waals surface area (Å²) in [5.74, 6) is 2.06. The molecule has 11 rings (SSSR count). The summed E-state index contributed by atoms with van der Waals surface area (Å²) in [6.45, 7) is 0. The van der Waals surface area contributed by atoms with Crippen LogP contribution >= 0.6 is 11.3 Å². The molecule has 4 nitrogen and oxygen atoms in total. The average molecular weight is 736 g/mol. The molecule has 0 spiro atoms. The predicted octanol–water partition coefficient (Wildman–Crippen LogP) is 14.1. The van der Waals surface area contributed by atoms with Crippen LogP contribution in [0.15, 0.2) is 186 Å². The lowest BCUT2D eigenvalue weighted by Gasteiger charge is -2.14. The van der Waals surface area contributed by atoms with Crippen molar-refractivity contribution in [2.75, 3.05) is 0 Å². The van der Waals surface area contributed by atoms with Gasteiger partial charge in [0.25, 0.3) is 0 Å². The van der Waals surface area contributed by atoms with Crippen molar-refractivity contribution in [3.63, 3.8) is 0 Å². The number of benzene rings is 7. The summed E-state index contributed by atoms with van der Waals surface area (Å²) >= 11 is 1.85. The van der Waals surface area contributed by atoms with Gasteiger partial charge < -0.3 is 4.42 Å². The molecule has 1 atom stereocenters. The largest absolute Gasteiger partial charge is 0.455 e. The molecule has 7 aromatic carbocycles. The zero-order valence-corrected chi connectivity index (χ0v) is 31.1. The molecule has 5 heteroatoms. The second-order valence-corrected chi connectivity index (χ2v) is 15.4. The maximum atomic E-state index is 6.66. The Labute approximate surface area is 327 Å². The van der Waals surface area contributed by atoms with Gasteiger partial charge in [0, 0.05) is 42.4 Å². The first-order valence-corrected chi connectivity index (χ1v) is 19.8. The fourth-order valence-corrected chi connectivity index (χ4v) is 9.05. The first-order valence-electron chi connectivity index (χ1n) is 18.9. The van der Waals surface area contributed by atoms with Gasteiger partial charge in [0.1, 0.15) is 17.0 Å². The molecule has 3 aromatic heterocycles. The molecule has 264 valence electrons. The van der Waals surface area contributed by atoms with Gasteiger partial charge >= 0.3 is 0 Å². The van der Waals surface area contributed by atoms with E-state index in [-0.39, 0.29) is 5.92 Å². The number of nitrogens with zero attached hydrogens (tertiary/aromatic N) is 3. The normalized spacial score (nSPS) is 14.0. The molecule has 0 saturated carbocycles. The summed E-state index contributed by atoms with van der Waals surface area (Å²) in [6.07, 6.45) is 9.32. The number of para-hydroxylation sites is 1. The Morgan fingerprint density at radius 2 is 1.11 bits per heavy atom. The SMILES string of the molecule is C1=CCC(c2nc(-c3ccc(-c4ccccc4)cc3)nc(-c3cccc4c3oc3ccc(-c5cccc(-c6ccc7sc8ccccc8c7c6)c5)cc34)n2)C=C1. The van der Waals surface area contributed by atoms with Gasteiger partial charge in [-0.2, -0.15) is 0 Å². The topological polar surface area (TPSA) is 51.8 Å². The highest BCUT2D eigenvalue weighted by atomic mass is 32.1. The van der Waals surface area contributed by atoms with Crippen LogP contribution in [0.2, 0.25) is 0 Å². The van der Waals surface area contributed by atoms with Crippen molar-refractivity contribution in [2.24, 2.45) is 0 Å². The summed E-state index contributed by atoms with van der Waals surface area (Å²) < 4.78 is 9.29. The molecule has 0 aliphatic heterocycles. The Morgan fingerprint density at radius 3 is 1.95 bits per heavy atom. The highest BCUT2D eigenvalue weighted by Gasteiger charge is 2.21. The number of thiophene rings is 1. The van der Waals surface area contributed by atoms with E-state index >= 15 is 0 Å². The van der Waals surface area contributed by atoms with E-state index in [1.54, 1.807) is 0 Å². The third-order valence-electron chi connectivity index (χ3n) is 10.9. The molecule has 3 heterocycles. The maximum Gasteiger partial charge on any atom is 0.167 e. The molecule has 0 fully saturated rings. The molecule has 10 aromatic rings. The molecule has 0 N–H and O–H groups in total. The van der Waals surface area contributed by atoms with Crippen molar-refractivity contribution in [1.82, 2.24) is 15.0 Å². The molecule has 1 aliphatic rings. The van der Waals surface area contributed by atoms with Crippen molar-refractivity contribution in [1.29, 1.82) is 0 Å². The molecule has 0 radical (unpaired) electrons. The number of hydrogen-bond acceptors (Lipinski definition) is 5. The van der Waals surface area contributed by atoms with E-state index in [0.717, 1.165) is 62.0 Å². The first kappa shape index (κ1) is 32.5. The number of rotatable bonds is 6. The van der Waals surface area contributed by atoms with Gasteiger partial charge in [-0.05, 0) is 82.3 Å². The van der Waals surface area contributed by atoms with E-state index in [1.165, 1.54) is 36.9 Å². The van der Waals surface area contributed by atoms with Crippen LogP contribution in [0.5, 0.6) is 0 Å². The van der Waals surface area contributed by atoms with Gasteiger partial charge in [-0.3, -0.25) is 0 Å². The van der Waals surface area contributed by atoms with Crippen LogP contribution in [-0.4, -0.2) is 15.0 Å². The fourth-order valence-electron chi connectivity index (χ4n) is 7.96. The summed E-state index contributed by atoms with van der Waals surface area (Å²) in [6, 6.07) is 55.9. The molecule has 1 aliphatic carbocycles. The van der Waals surface area contributed by atoms with Crippen molar-refractivity contribution >= 4 is 53.4 Å². The lowest BCUT2D eigenvalue weighted by molar-refractivity contribution is 0.669. The number of furan rings is 1. The summed E-state index contributed by atoms with van der Waals surface area (Å²) in [4.78, 5) is 15.3. The Morgan fingerprint density at radius 1 is 0.464 bits per heavy atom. The highest BCUT2D eigenvalue weighted by molar-refractivity contribution is 7.25. The summed E-state index contributed by atoms with van der Waals surface area (Å²) in [5, 5.41) is 4.71. The molecular formula is C51H33N3OS. The number of aromatic nitrogens is 3. The predicted molar refractivity (Wildman–Crippen MR) is 233 cm³/mol. The minimum Gasteiger partial charge on any atom is -0.455 e. The quantitative estimate of drug-likeness (QED) is 0.171. The van der Waals surface area contributed by atoms with E-state index in [0.29, 0.717) is 11.6 Å². The van der Waals surface area contributed by atoms with Crippen LogP contribution in [0, 0.1) is 0 Å². The monoisotopic (exact) mass is 735 g/mol. The smallest absolute Gasteiger partial charge is 0.167 e. The van der Waals surface area contributed by atoms with Gasteiger partial charge in [0.05, 0.1) is 5.56 Å². The van der Waals surface area contributed by atoms with Crippen molar-refractivity contribution < 1.29 is 4.42 Å². The first-order chi connectivity index (χ1) is 27.7. The van der Waals surface area contributed by atoms with Gasteiger partial charge in [-0.25, -0.2) is 15.0 Å². The maximum absolute atomic E-state index is 6.66. The summed E-state index contributed by atoms with van der Waals surface area (Å²) in [5.41, 5.74) is 10.4. The third kappa shape index (κ3) is 5.72. The van der Waals surface area contributed by atoms with E-state index in [2.05, 4.69) is 176 Å². The van der Waals surface area contributed by atoms with Crippen molar-refractivity contribution in [3.05, 3.63) is 188 Å². The van der Waals surface area contributed by atoms with Gasteiger partial charge in [0.2, 0.25) is 0 Å². The molecule has 0 amide bonds. The lowest BCUT2D eigenvalue weighted by Crippen LogP contribution is -2.07. The van der Waals surface area contributed by atoms with Gasteiger partial charge in [0.15, 0.2) is 11.6 Å². The number of hydrogen-bond donors (Lipinski definition) is 0. The molecule has 0 saturated heterocycles. The van der Waals surface area contributed by atoms with Gasteiger partial charge in [-0.15, -0.1) is 11.3 Å². The molecular weight excluding hydrogens is 703 g/mol. The van der Waals surface area contributed by atoms with E-state index in [9.17, 15) is 0 Å². The van der Waals surface area contributed by atoms with Crippen LogP contribution in [0.25, 0.3) is 98.3 Å². The highest BCUT2D eigenvalue weighted by Crippen LogP contribution is 2.40. The minimum absolute atomic E-state index is 0.0591. The van der Waals surface area contributed by atoms with E-state index in [1.807, 2.05) is 17.4 Å². The Hall–Kier alpha value is -6.95.